The van der Waals surface area contributed by atoms with E-state index in [9.17, 15) is 5.11 Å². The van der Waals surface area contributed by atoms with Crippen molar-refractivity contribution in [3.63, 3.8) is 0 Å². The zero-order chi connectivity index (χ0) is 17.9. The number of benzene rings is 3. The molecule has 0 amide bonds. The summed E-state index contributed by atoms with van der Waals surface area (Å²) < 4.78 is 1.57. The van der Waals surface area contributed by atoms with E-state index in [0.717, 1.165) is 21.8 Å². The van der Waals surface area contributed by atoms with Crippen LogP contribution >= 0.6 is 23.4 Å². The van der Waals surface area contributed by atoms with E-state index in [1.54, 1.807) is 4.68 Å². The molecule has 4 aromatic rings. The topological polar surface area (TPSA) is 38.1 Å². The van der Waals surface area contributed by atoms with E-state index in [1.807, 2.05) is 84.9 Å². The van der Waals surface area contributed by atoms with Crippen molar-refractivity contribution in [2.45, 2.75) is 9.79 Å². The third-order valence-electron chi connectivity index (χ3n) is 3.90. The molecule has 0 atom stereocenters. The van der Waals surface area contributed by atoms with Crippen molar-refractivity contribution in [2.75, 3.05) is 0 Å². The van der Waals surface area contributed by atoms with Gasteiger partial charge in [0, 0.05) is 15.5 Å². The van der Waals surface area contributed by atoms with Crippen LogP contribution in [0.25, 0.3) is 16.9 Å². The summed E-state index contributed by atoms with van der Waals surface area (Å²) in [5.41, 5.74) is 2.51. The molecule has 1 N–H and O–H groups in total. The van der Waals surface area contributed by atoms with Gasteiger partial charge in [0.15, 0.2) is 0 Å². The molecule has 0 aliphatic rings. The Morgan fingerprint density at radius 2 is 1.42 bits per heavy atom. The van der Waals surface area contributed by atoms with Gasteiger partial charge in [-0.25, -0.2) is 0 Å². The number of hydrogen-bond donors (Lipinski definition) is 1. The molecule has 3 aromatic carbocycles. The van der Waals surface area contributed by atoms with Crippen LogP contribution in [0.2, 0.25) is 5.02 Å². The predicted octanol–water partition coefficient (Wildman–Crippen LogP) is 6.05. The average Bonchev–Trinajstić information content (AvgIpc) is 3.01. The van der Waals surface area contributed by atoms with Crippen molar-refractivity contribution in [1.29, 1.82) is 0 Å². The van der Waals surface area contributed by atoms with Crippen LogP contribution < -0.4 is 0 Å². The Kier molecular flexibility index (Phi) is 4.69. The summed E-state index contributed by atoms with van der Waals surface area (Å²) in [5, 5.41) is 16.3. The van der Waals surface area contributed by atoms with Gasteiger partial charge in [-0.1, -0.05) is 71.9 Å². The first-order valence-corrected chi connectivity index (χ1v) is 9.28. The van der Waals surface area contributed by atoms with Crippen molar-refractivity contribution in [3.05, 3.63) is 90.0 Å². The van der Waals surface area contributed by atoms with Gasteiger partial charge in [-0.05, 0) is 36.4 Å². The van der Waals surface area contributed by atoms with Crippen molar-refractivity contribution in [1.82, 2.24) is 9.78 Å². The maximum Gasteiger partial charge on any atom is 0.229 e. The molecule has 0 bridgehead atoms. The summed E-state index contributed by atoms with van der Waals surface area (Å²) in [7, 11) is 0. The van der Waals surface area contributed by atoms with Crippen LogP contribution in [0.4, 0.5) is 0 Å². The first-order valence-electron chi connectivity index (χ1n) is 8.08. The minimum atomic E-state index is 0.120. The second kappa shape index (κ2) is 7.28. The van der Waals surface area contributed by atoms with Crippen LogP contribution in [0, 0.1) is 0 Å². The van der Waals surface area contributed by atoms with Crippen molar-refractivity contribution in [3.8, 4) is 22.8 Å². The molecule has 0 aliphatic heterocycles. The Balaban J connectivity index is 1.85. The molecule has 1 heterocycles. The highest BCUT2D eigenvalue weighted by Crippen LogP contribution is 2.42. The van der Waals surface area contributed by atoms with Crippen LogP contribution in [0.3, 0.4) is 0 Å². The Morgan fingerprint density at radius 3 is 2.08 bits per heavy atom. The van der Waals surface area contributed by atoms with Gasteiger partial charge in [0.05, 0.1) is 5.69 Å². The van der Waals surface area contributed by atoms with Gasteiger partial charge in [-0.3, -0.25) is 0 Å². The van der Waals surface area contributed by atoms with Crippen molar-refractivity contribution >= 4 is 23.4 Å². The monoisotopic (exact) mass is 378 g/mol. The molecule has 1 aromatic heterocycles. The van der Waals surface area contributed by atoms with E-state index in [1.165, 1.54) is 11.8 Å². The van der Waals surface area contributed by atoms with Gasteiger partial charge in [0.2, 0.25) is 5.88 Å². The zero-order valence-electron chi connectivity index (χ0n) is 13.7. The number of halogens is 1. The summed E-state index contributed by atoms with van der Waals surface area (Å²) in [6.07, 6.45) is 0. The standard InChI is InChI=1S/C21H15ClN2OS/c22-16-11-13-18(14-12-16)26-20-19(15-7-3-1-4-8-15)23-24(21(20)25)17-9-5-2-6-10-17/h1-14,25H. The Hall–Kier alpha value is -2.69. The molecule has 5 heteroatoms. The molecule has 0 unspecified atom stereocenters. The minimum absolute atomic E-state index is 0.120. The Bertz CT molecular complexity index is 1020. The number of aromatic hydroxyl groups is 1. The highest BCUT2D eigenvalue weighted by molar-refractivity contribution is 7.99. The lowest BCUT2D eigenvalue weighted by Gasteiger charge is -2.04. The van der Waals surface area contributed by atoms with E-state index in [4.69, 9.17) is 11.6 Å². The molecular weight excluding hydrogens is 364 g/mol. The highest BCUT2D eigenvalue weighted by Gasteiger charge is 2.20. The minimum Gasteiger partial charge on any atom is -0.492 e. The highest BCUT2D eigenvalue weighted by atomic mass is 35.5. The molecule has 0 spiro atoms. The fourth-order valence-corrected chi connectivity index (χ4v) is 3.71. The lowest BCUT2D eigenvalue weighted by molar-refractivity contribution is 0.423. The van der Waals surface area contributed by atoms with E-state index in [2.05, 4.69) is 5.10 Å². The van der Waals surface area contributed by atoms with Gasteiger partial charge in [-0.2, -0.15) is 9.78 Å². The maximum atomic E-state index is 10.9. The molecule has 128 valence electrons. The predicted molar refractivity (Wildman–Crippen MR) is 106 cm³/mol. The summed E-state index contributed by atoms with van der Waals surface area (Å²) in [4.78, 5) is 1.69. The number of aromatic nitrogens is 2. The summed E-state index contributed by atoms with van der Waals surface area (Å²) in [6.45, 7) is 0. The van der Waals surface area contributed by atoms with E-state index in [-0.39, 0.29) is 5.88 Å². The van der Waals surface area contributed by atoms with Crippen LogP contribution in [-0.4, -0.2) is 14.9 Å². The van der Waals surface area contributed by atoms with E-state index < -0.39 is 0 Å². The molecule has 0 fully saturated rings. The fraction of sp³-hybridized carbons (Fsp3) is 0. The SMILES string of the molecule is Oc1c(Sc2ccc(Cl)cc2)c(-c2ccccc2)nn1-c1ccccc1. The molecular formula is C21H15ClN2OS. The first kappa shape index (κ1) is 16.8. The number of hydrogen-bond acceptors (Lipinski definition) is 3. The summed E-state index contributed by atoms with van der Waals surface area (Å²) in [6, 6.07) is 27.0. The average molecular weight is 379 g/mol. The normalized spacial score (nSPS) is 10.8. The number of para-hydroxylation sites is 1. The second-order valence-electron chi connectivity index (χ2n) is 5.67. The van der Waals surface area contributed by atoms with Crippen LogP contribution in [0.5, 0.6) is 5.88 Å². The molecule has 4 rings (SSSR count). The van der Waals surface area contributed by atoms with Crippen molar-refractivity contribution < 1.29 is 5.11 Å². The summed E-state index contributed by atoms with van der Waals surface area (Å²) >= 11 is 7.45. The number of nitrogens with zero attached hydrogens (tertiary/aromatic N) is 2. The second-order valence-corrected chi connectivity index (χ2v) is 7.19. The van der Waals surface area contributed by atoms with E-state index >= 15 is 0 Å². The lowest BCUT2D eigenvalue weighted by Crippen LogP contribution is -1.95. The van der Waals surface area contributed by atoms with Gasteiger partial charge in [-0.15, -0.1) is 0 Å². The smallest absolute Gasteiger partial charge is 0.229 e. The number of rotatable bonds is 4. The largest absolute Gasteiger partial charge is 0.492 e. The first-order chi connectivity index (χ1) is 12.7. The molecule has 26 heavy (non-hydrogen) atoms. The molecule has 0 saturated heterocycles. The molecule has 0 saturated carbocycles. The third kappa shape index (κ3) is 3.34. The Morgan fingerprint density at radius 1 is 0.808 bits per heavy atom. The molecule has 0 radical (unpaired) electrons. The fourth-order valence-electron chi connectivity index (χ4n) is 2.64. The van der Waals surface area contributed by atoms with Crippen LogP contribution in [0.15, 0.2) is 94.7 Å². The van der Waals surface area contributed by atoms with Gasteiger partial charge >= 0.3 is 0 Å². The molecule has 3 nitrogen and oxygen atoms in total. The Labute approximate surface area is 160 Å². The third-order valence-corrected chi connectivity index (χ3v) is 5.24. The quantitative estimate of drug-likeness (QED) is 0.469. The zero-order valence-corrected chi connectivity index (χ0v) is 15.3. The van der Waals surface area contributed by atoms with Gasteiger partial charge < -0.3 is 5.11 Å². The lowest BCUT2D eigenvalue weighted by atomic mass is 10.2. The molecule has 0 aliphatic carbocycles. The van der Waals surface area contributed by atoms with Gasteiger partial charge in [0.25, 0.3) is 0 Å². The van der Waals surface area contributed by atoms with Gasteiger partial charge in [0.1, 0.15) is 10.6 Å². The van der Waals surface area contributed by atoms with E-state index in [0.29, 0.717) is 9.92 Å². The van der Waals surface area contributed by atoms with Crippen LogP contribution in [-0.2, 0) is 0 Å². The van der Waals surface area contributed by atoms with Crippen molar-refractivity contribution in [2.24, 2.45) is 0 Å². The van der Waals surface area contributed by atoms with Crippen LogP contribution in [0.1, 0.15) is 0 Å². The summed E-state index contributed by atoms with van der Waals surface area (Å²) in [5.74, 6) is 0.120. The maximum absolute atomic E-state index is 10.9.